The molecule has 61 heavy (non-hydrogen) atoms. The number of carbonyl (C=O) groups is 4. The first-order valence-corrected chi connectivity index (χ1v) is 21.1. The van der Waals surface area contributed by atoms with Gasteiger partial charge in [-0.1, -0.05) is 110 Å². The van der Waals surface area contributed by atoms with Crippen LogP contribution >= 0.6 is 0 Å². The van der Waals surface area contributed by atoms with Crippen LogP contribution in [0.3, 0.4) is 0 Å². The molecule has 0 bridgehead atoms. The Balaban J connectivity index is 1.35. The summed E-state index contributed by atoms with van der Waals surface area (Å²) in [6.45, 7) is 8.89. The monoisotopic (exact) mass is 827 g/mol. The molecule has 11 nitrogen and oxygen atoms in total. The molecule has 5 aromatic carbocycles. The summed E-state index contributed by atoms with van der Waals surface area (Å²) in [5.41, 5.74) is 6.36. The van der Waals surface area contributed by atoms with E-state index in [-0.39, 0.29) is 31.8 Å². The van der Waals surface area contributed by atoms with Gasteiger partial charge in [0.2, 0.25) is 5.91 Å². The normalized spacial score (nSPS) is 12.5. The van der Waals surface area contributed by atoms with Crippen molar-refractivity contribution in [1.29, 1.82) is 0 Å². The maximum Gasteiger partial charge on any atom is 0.329 e. The third-order valence-electron chi connectivity index (χ3n) is 10.5. The number of hydrogen-bond donors (Lipinski definition) is 4. The highest BCUT2D eigenvalue weighted by Gasteiger charge is 2.31. The maximum absolute atomic E-state index is 14.1. The fourth-order valence-electron chi connectivity index (χ4n) is 7.36. The number of benzene rings is 5. The molecule has 3 atom stereocenters. The number of amides is 2. The lowest BCUT2D eigenvalue weighted by Gasteiger charge is -2.24. The SMILES string of the molecule is C=CCOc1ccc2ccccc2c1-c1c(OCC(=O)N[C@H](CCCC[NH3+])C(=O)C[C@H](CCCNC)C(=O)N[C@@H](CC=C)C(=O)OCc2ccccc2)ccc2ccccc12. The van der Waals surface area contributed by atoms with Crippen LogP contribution in [0.25, 0.3) is 32.7 Å². The van der Waals surface area contributed by atoms with E-state index in [0.717, 1.165) is 44.7 Å². The topological polar surface area (TPSA) is 160 Å². The minimum Gasteiger partial charge on any atom is -0.489 e. The molecule has 0 radical (unpaired) electrons. The van der Waals surface area contributed by atoms with E-state index < -0.39 is 35.8 Å². The molecule has 0 aliphatic rings. The molecule has 0 aliphatic carbocycles. The molecule has 5 rings (SSSR count). The van der Waals surface area contributed by atoms with Crippen molar-refractivity contribution in [2.45, 2.75) is 63.6 Å². The van der Waals surface area contributed by atoms with Crippen LogP contribution in [-0.4, -0.2) is 69.0 Å². The second-order valence-electron chi connectivity index (χ2n) is 15.0. The summed E-state index contributed by atoms with van der Waals surface area (Å²) < 4.78 is 18.1. The van der Waals surface area contributed by atoms with Crippen LogP contribution < -0.4 is 31.2 Å². The number of ketones is 1. The number of rotatable bonds is 26. The van der Waals surface area contributed by atoms with Gasteiger partial charge in [-0.3, -0.25) is 14.4 Å². The van der Waals surface area contributed by atoms with Crippen LogP contribution in [0, 0.1) is 5.92 Å². The number of Topliss-reactive ketones (excluding diaryl/α,β-unsaturated/α-hetero) is 1. The Morgan fingerprint density at radius 3 is 1.97 bits per heavy atom. The molecule has 0 fully saturated rings. The fourth-order valence-corrected chi connectivity index (χ4v) is 7.36. The molecule has 0 unspecified atom stereocenters. The summed E-state index contributed by atoms with van der Waals surface area (Å²) in [6, 6.07) is 31.2. The number of carbonyl (C=O) groups excluding carboxylic acids is 4. The van der Waals surface area contributed by atoms with Gasteiger partial charge in [0.05, 0.1) is 12.6 Å². The third-order valence-corrected chi connectivity index (χ3v) is 10.5. The fraction of sp³-hybridized carbons (Fsp3) is 0.320. The maximum atomic E-state index is 14.1. The Kier molecular flexibility index (Phi) is 18.1. The highest BCUT2D eigenvalue weighted by Crippen LogP contribution is 2.45. The number of ether oxygens (including phenoxy) is 3. The van der Waals surface area contributed by atoms with Gasteiger partial charge in [0, 0.05) is 23.5 Å². The summed E-state index contributed by atoms with van der Waals surface area (Å²) >= 11 is 0. The third kappa shape index (κ3) is 13.1. The number of quaternary nitrogens is 1. The molecule has 6 N–H and O–H groups in total. The van der Waals surface area contributed by atoms with E-state index in [0.29, 0.717) is 56.9 Å². The van der Waals surface area contributed by atoms with E-state index in [4.69, 9.17) is 14.2 Å². The Hall–Kier alpha value is -6.30. The molecule has 0 aromatic heterocycles. The van der Waals surface area contributed by atoms with Crippen molar-refractivity contribution in [2.24, 2.45) is 5.92 Å². The largest absolute Gasteiger partial charge is 0.489 e. The average Bonchev–Trinajstić information content (AvgIpc) is 3.28. The quantitative estimate of drug-likeness (QED) is 0.0267. The van der Waals surface area contributed by atoms with Crippen LogP contribution in [0.1, 0.15) is 50.5 Å². The smallest absolute Gasteiger partial charge is 0.329 e. The molecule has 0 spiro atoms. The summed E-state index contributed by atoms with van der Waals surface area (Å²) in [4.78, 5) is 54.9. The van der Waals surface area contributed by atoms with Crippen LogP contribution in [0.2, 0.25) is 0 Å². The highest BCUT2D eigenvalue weighted by atomic mass is 16.5. The molecular weight excluding hydrogens is 769 g/mol. The summed E-state index contributed by atoms with van der Waals surface area (Å²) in [7, 11) is 1.82. The Labute approximate surface area is 358 Å². The summed E-state index contributed by atoms with van der Waals surface area (Å²) in [5, 5.41) is 12.7. The zero-order valence-electron chi connectivity index (χ0n) is 35.2. The Morgan fingerprint density at radius 1 is 0.705 bits per heavy atom. The van der Waals surface area contributed by atoms with E-state index >= 15 is 0 Å². The van der Waals surface area contributed by atoms with E-state index in [1.165, 1.54) is 0 Å². The second-order valence-corrected chi connectivity index (χ2v) is 15.0. The number of fused-ring (bicyclic) bond motifs is 2. The lowest BCUT2D eigenvalue weighted by atomic mass is 9.91. The lowest BCUT2D eigenvalue weighted by Crippen LogP contribution is -2.50. The van der Waals surface area contributed by atoms with Crippen molar-refractivity contribution < 1.29 is 39.1 Å². The second kappa shape index (κ2) is 24.1. The van der Waals surface area contributed by atoms with Gasteiger partial charge in [0.1, 0.15) is 30.8 Å². The molecule has 0 heterocycles. The zero-order chi connectivity index (χ0) is 43.4. The first-order valence-electron chi connectivity index (χ1n) is 21.1. The predicted molar refractivity (Wildman–Crippen MR) is 241 cm³/mol. The van der Waals surface area contributed by atoms with Gasteiger partial charge in [0.25, 0.3) is 5.91 Å². The van der Waals surface area contributed by atoms with E-state index in [1.54, 1.807) is 12.2 Å². The number of hydrogen-bond acceptors (Lipinski definition) is 8. The van der Waals surface area contributed by atoms with Crippen molar-refractivity contribution in [3.63, 3.8) is 0 Å². The standard InChI is InChI=1S/C50H58N4O7/c1-4-16-42(50(58)61-33-35-17-7-6-8-18-35)54-49(57)38(21-15-30-52-3)32-43(55)41(24-13-14-29-51)53-46(56)34-60-45-28-26-37-20-10-12-23-40(37)48(45)47-39-22-11-9-19-36(39)25-27-44(47)59-31-5-2/h4-12,17-20,22-23,25-28,38,41-42,52H,1-2,13-16,21,24,29-34,51H2,3H3,(H,53,56)(H,54,57)/p+1/t38-,41+,42-/m0/s1. The van der Waals surface area contributed by atoms with E-state index in [1.807, 2.05) is 110 Å². The molecule has 11 heteroatoms. The van der Waals surface area contributed by atoms with Crippen LogP contribution in [-0.2, 0) is 30.5 Å². The molecular formula is C50H59N4O7+. The van der Waals surface area contributed by atoms with Crippen molar-refractivity contribution >= 4 is 45.1 Å². The minimum atomic E-state index is -0.973. The van der Waals surface area contributed by atoms with E-state index in [9.17, 15) is 19.2 Å². The van der Waals surface area contributed by atoms with Gasteiger partial charge in [-0.2, -0.15) is 0 Å². The van der Waals surface area contributed by atoms with Crippen LogP contribution in [0.5, 0.6) is 11.5 Å². The van der Waals surface area contributed by atoms with Gasteiger partial charge in [-0.15, -0.1) is 6.58 Å². The average molecular weight is 828 g/mol. The lowest BCUT2D eigenvalue weighted by molar-refractivity contribution is -0.368. The number of esters is 1. The summed E-state index contributed by atoms with van der Waals surface area (Å²) in [5.74, 6) is -1.41. The highest BCUT2D eigenvalue weighted by molar-refractivity contribution is 6.10. The predicted octanol–water partition coefficient (Wildman–Crippen LogP) is 6.88. The van der Waals surface area contributed by atoms with E-state index in [2.05, 4.69) is 34.8 Å². The molecule has 0 saturated carbocycles. The van der Waals surface area contributed by atoms with Crippen molar-refractivity contribution in [3.8, 4) is 22.6 Å². The summed E-state index contributed by atoms with van der Waals surface area (Å²) in [6.07, 6.45) is 6.05. The van der Waals surface area contributed by atoms with Gasteiger partial charge in [-0.05, 0) is 91.4 Å². The van der Waals surface area contributed by atoms with Gasteiger partial charge < -0.3 is 35.9 Å². The van der Waals surface area contributed by atoms with Crippen molar-refractivity contribution in [1.82, 2.24) is 16.0 Å². The number of nitrogens with one attached hydrogen (secondary N) is 3. The first kappa shape index (κ1) is 45.8. The Bertz CT molecular complexity index is 2260. The molecule has 0 saturated heterocycles. The van der Waals surface area contributed by atoms with Gasteiger partial charge >= 0.3 is 5.97 Å². The van der Waals surface area contributed by atoms with Crippen molar-refractivity contribution in [3.05, 3.63) is 134 Å². The molecule has 320 valence electrons. The molecule has 5 aromatic rings. The Morgan fingerprint density at radius 2 is 1.34 bits per heavy atom. The minimum absolute atomic E-state index is 0.0577. The van der Waals surface area contributed by atoms with Crippen LogP contribution in [0.4, 0.5) is 0 Å². The van der Waals surface area contributed by atoms with Gasteiger partial charge in [0.15, 0.2) is 12.4 Å². The first-order chi connectivity index (χ1) is 29.8. The van der Waals surface area contributed by atoms with Gasteiger partial charge in [-0.25, -0.2) is 4.79 Å². The van der Waals surface area contributed by atoms with Crippen molar-refractivity contribution in [2.75, 3.05) is 33.4 Å². The zero-order valence-corrected chi connectivity index (χ0v) is 35.2. The molecule has 0 aliphatic heterocycles. The van der Waals surface area contributed by atoms with Crippen LogP contribution in [0.15, 0.2) is 128 Å². The molecule has 2 amide bonds. The number of unbranched alkanes of at least 4 members (excludes halogenated alkanes) is 1.